The third-order valence-corrected chi connectivity index (χ3v) is 2.80. The summed E-state index contributed by atoms with van der Waals surface area (Å²) in [5.41, 5.74) is 1.25. The van der Waals surface area contributed by atoms with Gasteiger partial charge in [0.25, 0.3) is 0 Å². The predicted octanol–water partition coefficient (Wildman–Crippen LogP) is 2.61. The molecule has 0 saturated carbocycles. The fourth-order valence-electron chi connectivity index (χ4n) is 1.49. The maximum Gasteiger partial charge on any atom is 0.336 e. The molecule has 1 atom stereocenters. The molecule has 0 fully saturated rings. The van der Waals surface area contributed by atoms with Crippen LogP contribution in [0.1, 0.15) is 36.2 Å². The molecule has 0 saturated heterocycles. The molecule has 0 aliphatic rings. The van der Waals surface area contributed by atoms with Crippen molar-refractivity contribution in [2.75, 3.05) is 5.32 Å². The molecular weight excluding hydrogens is 232 g/mol. The molecule has 0 spiro atoms. The Kier molecular flexibility index (Phi) is 4.71. The zero-order chi connectivity index (χ0) is 13.7. The first-order valence-electron chi connectivity index (χ1n) is 5.86. The van der Waals surface area contributed by atoms with E-state index in [4.69, 9.17) is 5.11 Å². The number of aromatic carboxylic acids is 1. The van der Waals surface area contributed by atoms with Gasteiger partial charge in [0.05, 0.1) is 5.56 Å². The number of rotatable bonds is 4. The Labute approximate surface area is 106 Å². The van der Waals surface area contributed by atoms with Crippen molar-refractivity contribution in [1.29, 1.82) is 0 Å². The summed E-state index contributed by atoms with van der Waals surface area (Å²) in [5.74, 6) is -1.00. The first-order chi connectivity index (χ1) is 8.45. The van der Waals surface area contributed by atoms with Gasteiger partial charge in [-0.25, -0.2) is 9.59 Å². The fraction of sp³-hybridized carbons (Fsp3) is 0.385. The lowest BCUT2D eigenvalue weighted by molar-refractivity contribution is 0.0696. The van der Waals surface area contributed by atoms with Crippen LogP contribution < -0.4 is 10.6 Å². The molecule has 1 aromatic rings. The third-order valence-electron chi connectivity index (χ3n) is 2.80. The van der Waals surface area contributed by atoms with E-state index >= 15 is 0 Å². The number of carbonyl (C=O) groups excluding carboxylic acids is 1. The molecule has 3 N–H and O–H groups in total. The largest absolute Gasteiger partial charge is 0.478 e. The number of anilines is 1. The Morgan fingerprint density at radius 1 is 1.39 bits per heavy atom. The minimum absolute atomic E-state index is 0.0768. The Morgan fingerprint density at radius 2 is 2.06 bits per heavy atom. The first-order valence-corrected chi connectivity index (χ1v) is 5.86. The fourth-order valence-corrected chi connectivity index (χ4v) is 1.49. The van der Waals surface area contributed by atoms with Crippen molar-refractivity contribution in [3.05, 3.63) is 29.3 Å². The highest BCUT2D eigenvalue weighted by Gasteiger charge is 2.12. The second-order valence-corrected chi connectivity index (χ2v) is 4.19. The van der Waals surface area contributed by atoms with E-state index in [9.17, 15) is 9.59 Å². The van der Waals surface area contributed by atoms with Crippen LogP contribution in [-0.2, 0) is 0 Å². The summed E-state index contributed by atoms with van der Waals surface area (Å²) in [4.78, 5) is 22.6. The second kappa shape index (κ2) is 6.05. The summed E-state index contributed by atoms with van der Waals surface area (Å²) in [5, 5.41) is 14.4. The van der Waals surface area contributed by atoms with Crippen LogP contribution in [-0.4, -0.2) is 23.1 Å². The second-order valence-electron chi connectivity index (χ2n) is 4.19. The normalized spacial score (nSPS) is 11.7. The monoisotopic (exact) mass is 250 g/mol. The van der Waals surface area contributed by atoms with Gasteiger partial charge in [-0.15, -0.1) is 0 Å². The smallest absolute Gasteiger partial charge is 0.336 e. The number of hydrogen-bond donors (Lipinski definition) is 3. The maximum absolute atomic E-state index is 11.6. The summed E-state index contributed by atoms with van der Waals surface area (Å²) in [6.07, 6.45) is 0.835. The first kappa shape index (κ1) is 14.0. The van der Waals surface area contributed by atoms with Gasteiger partial charge in [-0.1, -0.05) is 13.0 Å². The van der Waals surface area contributed by atoms with Crippen LogP contribution >= 0.6 is 0 Å². The summed E-state index contributed by atoms with van der Waals surface area (Å²) < 4.78 is 0. The average molecular weight is 250 g/mol. The number of benzene rings is 1. The SMILES string of the molecule is CCC(C)NC(=O)Nc1cccc(C(=O)O)c1C. The molecule has 1 aromatic carbocycles. The van der Waals surface area contributed by atoms with E-state index in [1.807, 2.05) is 13.8 Å². The van der Waals surface area contributed by atoms with Gasteiger partial charge in [-0.3, -0.25) is 0 Å². The molecule has 98 valence electrons. The van der Waals surface area contributed by atoms with E-state index in [0.29, 0.717) is 11.3 Å². The molecule has 0 aliphatic carbocycles. The minimum atomic E-state index is -1.00. The van der Waals surface area contributed by atoms with Crippen molar-refractivity contribution in [1.82, 2.24) is 5.32 Å². The Balaban J connectivity index is 2.82. The zero-order valence-corrected chi connectivity index (χ0v) is 10.8. The van der Waals surface area contributed by atoms with Gasteiger partial charge in [0.15, 0.2) is 0 Å². The Morgan fingerprint density at radius 3 is 2.61 bits per heavy atom. The van der Waals surface area contributed by atoms with Crippen molar-refractivity contribution < 1.29 is 14.7 Å². The highest BCUT2D eigenvalue weighted by Crippen LogP contribution is 2.18. The van der Waals surface area contributed by atoms with Crippen LogP contribution in [0.25, 0.3) is 0 Å². The molecule has 0 radical (unpaired) electrons. The Bertz CT molecular complexity index is 458. The molecule has 18 heavy (non-hydrogen) atoms. The topological polar surface area (TPSA) is 78.4 Å². The van der Waals surface area contributed by atoms with Crippen LogP contribution in [0.4, 0.5) is 10.5 Å². The molecule has 0 bridgehead atoms. The molecule has 5 nitrogen and oxygen atoms in total. The van der Waals surface area contributed by atoms with Gasteiger partial charge in [0.1, 0.15) is 0 Å². The summed E-state index contributed by atoms with van der Waals surface area (Å²) in [6, 6.07) is 4.55. The number of hydrogen-bond acceptors (Lipinski definition) is 2. The highest BCUT2D eigenvalue weighted by molar-refractivity contribution is 5.95. The van der Waals surface area contributed by atoms with Gasteiger partial charge in [-0.05, 0) is 38.0 Å². The number of urea groups is 1. The van der Waals surface area contributed by atoms with Gasteiger partial charge < -0.3 is 15.7 Å². The van der Waals surface area contributed by atoms with Gasteiger partial charge in [-0.2, -0.15) is 0 Å². The van der Waals surface area contributed by atoms with Crippen molar-refractivity contribution in [2.24, 2.45) is 0 Å². The highest BCUT2D eigenvalue weighted by atomic mass is 16.4. The number of nitrogens with one attached hydrogen (secondary N) is 2. The number of carbonyl (C=O) groups is 2. The van der Waals surface area contributed by atoms with Crippen LogP contribution in [0.15, 0.2) is 18.2 Å². The molecule has 1 rings (SSSR count). The molecule has 5 heteroatoms. The maximum atomic E-state index is 11.6. The lowest BCUT2D eigenvalue weighted by atomic mass is 10.1. The quantitative estimate of drug-likeness (QED) is 0.768. The average Bonchev–Trinajstić information content (AvgIpc) is 2.31. The van der Waals surface area contributed by atoms with E-state index in [-0.39, 0.29) is 17.6 Å². The van der Waals surface area contributed by atoms with Gasteiger partial charge >= 0.3 is 12.0 Å². The van der Waals surface area contributed by atoms with Crippen LogP contribution in [0, 0.1) is 6.92 Å². The van der Waals surface area contributed by atoms with Crippen molar-refractivity contribution in [2.45, 2.75) is 33.2 Å². The number of amides is 2. The van der Waals surface area contributed by atoms with Gasteiger partial charge in [0.2, 0.25) is 0 Å². The lowest BCUT2D eigenvalue weighted by Crippen LogP contribution is -2.35. The van der Waals surface area contributed by atoms with Crippen LogP contribution in [0.3, 0.4) is 0 Å². The molecule has 2 amide bonds. The summed E-state index contributed by atoms with van der Waals surface area (Å²) in [7, 11) is 0. The molecule has 0 aromatic heterocycles. The standard InChI is InChI=1S/C13H18N2O3/c1-4-8(2)14-13(18)15-11-7-5-6-10(9(11)3)12(16)17/h5-8H,4H2,1-3H3,(H,16,17)(H2,14,15,18). The van der Waals surface area contributed by atoms with E-state index in [2.05, 4.69) is 10.6 Å². The summed E-state index contributed by atoms with van der Waals surface area (Å²) in [6.45, 7) is 5.55. The van der Waals surface area contributed by atoms with Crippen molar-refractivity contribution in [3.8, 4) is 0 Å². The molecule has 0 aliphatic heterocycles. The van der Waals surface area contributed by atoms with Crippen molar-refractivity contribution >= 4 is 17.7 Å². The number of carboxylic acids is 1. The zero-order valence-electron chi connectivity index (χ0n) is 10.8. The van der Waals surface area contributed by atoms with Crippen LogP contribution in [0.2, 0.25) is 0 Å². The summed E-state index contributed by atoms with van der Waals surface area (Å²) >= 11 is 0. The minimum Gasteiger partial charge on any atom is -0.478 e. The molecular formula is C13H18N2O3. The van der Waals surface area contributed by atoms with Gasteiger partial charge in [0, 0.05) is 11.7 Å². The third kappa shape index (κ3) is 3.48. The molecule has 1 unspecified atom stereocenters. The van der Waals surface area contributed by atoms with E-state index < -0.39 is 5.97 Å². The lowest BCUT2D eigenvalue weighted by Gasteiger charge is -2.14. The van der Waals surface area contributed by atoms with Crippen LogP contribution in [0.5, 0.6) is 0 Å². The van der Waals surface area contributed by atoms with E-state index in [0.717, 1.165) is 6.42 Å². The van der Waals surface area contributed by atoms with E-state index in [1.54, 1.807) is 19.1 Å². The Hall–Kier alpha value is -2.04. The molecule has 0 heterocycles. The van der Waals surface area contributed by atoms with E-state index in [1.165, 1.54) is 6.07 Å². The number of carboxylic acid groups (broad SMARTS) is 1. The predicted molar refractivity (Wildman–Crippen MR) is 70.0 cm³/mol. The van der Waals surface area contributed by atoms with Crippen molar-refractivity contribution in [3.63, 3.8) is 0 Å².